The van der Waals surface area contributed by atoms with Gasteiger partial charge in [0.25, 0.3) is 23.6 Å². The third-order valence-electron chi connectivity index (χ3n) is 8.70. The minimum Gasteiger partial charge on any atom is -0.361 e. The number of fused-ring (bicyclic) bond motifs is 2. The number of halogens is 6. The summed E-state index contributed by atoms with van der Waals surface area (Å²) >= 11 is 0. The molecule has 5 aromatic rings. The van der Waals surface area contributed by atoms with Gasteiger partial charge in [-0.05, 0) is 54.6 Å². The Morgan fingerprint density at radius 3 is 1.17 bits per heavy atom. The lowest BCUT2D eigenvalue weighted by atomic mass is 9.93. The Morgan fingerprint density at radius 2 is 0.778 bits per heavy atom. The molecule has 0 unspecified atom stereocenters. The lowest BCUT2D eigenvalue weighted by molar-refractivity contribution is -0.138. The number of benzene rings is 5. The summed E-state index contributed by atoms with van der Waals surface area (Å²) in [6.45, 7) is 0. The second kappa shape index (κ2) is 13.5. The van der Waals surface area contributed by atoms with E-state index in [1.165, 1.54) is 60.9 Å². The summed E-state index contributed by atoms with van der Waals surface area (Å²) in [4.78, 5) is 55.4. The number of nitrogens with one attached hydrogen (secondary N) is 2. The molecule has 0 bridgehead atoms. The van der Waals surface area contributed by atoms with Crippen molar-refractivity contribution < 1.29 is 45.5 Å². The third-order valence-corrected chi connectivity index (χ3v) is 8.70. The quantitative estimate of drug-likeness (QED) is 0.103. The van der Waals surface area contributed by atoms with Crippen LogP contribution in [0.1, 0.15) is 43.0 Å². The zero-order chi connectivity index (χ0) is 38.4. The van der Waals surface area contributed by atoms with Crippen molar-refractivity contribution in [1.29, 1.82) is 0 Å². The molecule has 0 aromatic heterocycles. The minimum absolute atomic E-state index is 0.00647. The summed E-state index contributed by atoms with van der Waals surface area (Å²) in [6, 6.07) is 26.9. The zero-order valence-corrected chi connectivity index (χ0v) is 27.5. The maximum Gasteiger partial charge on any atom is 0.418 e. The molecule has 14 heteroatoms. The monoisotopic (exact) mass is 738 g/mol. The summed E-state index contributed by atoms with van der Waals surface area (Å²) in [5.41, 5.74) is -2.65. The molecular weight excluding hydrogens is 714 g/mol. The number of nitrogens with zero attached hydrogens (tertiary/aromatic N) is 2. The van der Waals surface area contributed by atoms with E-state index in [1.807, 2.05) is 0 Å². The number of hydrogen-bond donors (Lipinski definition) is 2. The van der Waals surface area contributed by atoms with Crippen LogP contribution < -0.4 is 20.4 Å². The van der Waals surface area contributed by atoms with Gasteiger partial charge in [-0.15, -0.1) is 0 Å². The van der Waals surface area contributed by atoms with Gasteiger partial charge in [0.15, 0.2) is 0 Å². The minimum atomic E-state index is -4.86. The zero-order valence-electron chi connectivity index (χ0n) is 27.5. The van der Waals surface area contributed by atoms with E-state index in [1.54, 1.807) is 36.4 Å². The van der Waals surface area contributed by atoms with Gasteiger partial charge >= 0.3 is 12.4 Å². The van der Waals surface area contributed by atoms with E-state index in [-0.39, 0.29) is 33.4 Å². The average Bonchev–Trinajstić information content (AvgIpc) is 3.14. The predicted molar refractivity (Wildman–Crippen MR) is 189 cm³/mol. The lowest BCUT2D eigenvalue weighted by Gasteiger charge is -2.30. The van der Waals surface area contributed by atoms with Crippen LogP contribution in [0.2, 0.25) is 0 Å². The highest BCUT2D eigenvalue weighted by Gasteiger charge is 2.43. The summed E-state index contributed by atoms with van der Waals surface area (Å²) in [6.07, 6.45) is -7.19. The Balaban J connectivity index is 1.21. The molecule has 0 fully saturated rings. The maximum atomic E-state index is 13.9. The fourth-order valence-corrected chi connectivity index (χ4v) is 6.25. The largest absolute Gasteiger partial charge is 0.418 e. The Morgan fingerprint density at radius 1 is 0.426 bits per heavy atom. The van der Waals surface area contributed by atoms with Gasteiger partial charge in [0.2, 0.25) is 0 Å². The first-order valence-corrected chi connectivity index (χ1v) is 16.1. The summed E-state index contributed by atoms with van der Waals surface area (Å²) in [5, 5.41) is 5.89. The van der Waals surface area contributed by atoms with Gasteiger partial charge < -0.3 is 10.6 Å². The maximum absolute atomic E-state index is 13.9. The van der Waals surface area contributed by atoms with Crippen LogP contribution in [0.15, 0.2) is 134 Å². The van der Waals surface area contributed by atoms with Gasteiger partial charge in [-0.2, -0.15) is 26.3 Å². The highest BCUT2D eigenvalue weighted by molar-refractivity contribution is 6.42. The van der Waals surface area contributed by atoms with E-state index in [0.29, 0.717) is 21.2 Å². The second-order valence-corrected chi connectivity index (χ2v) is 12.0. The van der Waals surface area contributed by atoms with E-state index in [2.05, 4.69) is 10.6 Å². The number of imide groups is 2. The van der Waals surface area contributed by atoms with Gasteiger partial charge in [0.1, 0.15) is 0 Å². The number of rotatable bonds is 6. The summed E-state index contributed by atoms with van der Waals surface area (Å²) < 4.78 is 83.7. The number of anilines is 4. The van der Waals surface area contributed by atoms with E-state index >= 15 is 0 Å². The highest BCUT2D eigenvalue weighted by atomic mass is 19.4. The molecule has 54 heavy (non-hydrogen) atoms. The van der Waals surface area contributed by atoms with Crippen LogP contribution in [0.3, 0.4) is 0 Å². The van der Waals surface area contributed by atoms with Crippen molar-refractivity contribution >= 4 is 57.5 Å². The van der Waals surface area contributed by atoms with Crippen molar-refractivity contribution in [2.75, 3.05) is 20.4 Å². The Labute approximate surface area is 302 Å². The van der Waals surface area contributed by atoms with Crippen LogP contribution in [0, 0.1) is 0 Å². The van der Waals surface area contributed by atoms with E-state index in [4.69, 9.17) is 0 Å². The Hall–Kier alpha value is -6.96. The highest BCUT2D eigenvalue weighted by Crippen LogP contribution is 2.42. The topological polar surface area (TPSA) is 98.8 Å². The Kier molecular flexibility index (Phi) is 8.89. The first kappa shape index (κ1) is 35.4. The summed E-state index contributed by atoms with van der Waals surface area (Å²) in [5.74, 6) is -3.85. The van der Waals surface area contributed by atoms with E-state index < -0.39 is 58.5 Å². The number of alkyl halides is 6. The summed E-state index contributed by atoms with van der Waals surface area (Å²) in [7, 11) is 0. The van der Waals surface area contributed by atoms with Crippen molar-refractivity contribution in [2.24, 2.45) is 0 Å². The molecule has 4 amide bonds. The van der Waals surface area contributed by atoms with Gasteiger partial charge in [0.05, 0.1) is 33.6 Å². The van der Waals surface area contributed by atoms with Crippen LogP contribution in [0.5, 0.6) is 0 Å². The fraction of sp³-hybridized carbons (Fsp3) is 0.0500. The first-order valence-electron chi connectivity index (χ1n) is 16.1. The molecule has 0 aliphatic carbocycles. The molecule has 270 valence electrons. The molecule has 8 nitrogen and oxygen atoms in total. The molecule has 0 saturated carbocycles. The SMILES string of the molecule is O=C1/C(=C/Nc2cccc(N/C=C3/C(=O)N(c4ccccc4C(F)(F)F)C(=O)c4ccccc43)c2)c2ccccc2C(=O)N1c1ccccc1C(F)(F)F. The van der Waals surface area contributed by atoms with E-state index in [0.717, 1.165) is 36.4 Å². The number of carbonyl (C=O) groups excluding carboxylic acids is 4. The molecule has 2 N–H and O–H groups in total. The van der Waals surface area contributed by atoms with Gasteiger partial charge in [-0.1, -0.05) is 66.7 Å². The normalized spacial score (nSPS) is 16.1. The molecule has 0 radical (unpaired) electrons. The van der Waals surface area contributed by atoms with E-state index in [9.17, 15) is 45.5 Å². The number of hydrogen-bond acceptors (Lipinski definition) is 6. The molecule has 5 aromatic carbocycles. The number of carbonyl (C=O) groups is 4. The number of amides is 4. The number of para-hydroxylation sites is 2. The van der Waals surface area contributed by atoms with Gasteiger partial charge in [-0.3, -0.25) is 19.2 Å². The Bertz CT molecular complexity index is 2270. The third kappa shape index (κ3) is 6.38. The van der Waals surface area contributed by atoms with Crippen molar-refractivity contribution in [1.82, 2.24) is 0 Å². The predicted octanol–water partition coefficient (Wildman–Crippen LogP) is 9.00. The first-order chi connectivity index (χ1) is 25.8. The van der Waals surface area contributed by atoms with Crippen LogP contribution in [0.25, 0.3) is 11.1 Å². The smallest absolute Gasteiger partial charge is 0.361 e. The van der Waals surface area contributed by atoms with Gasteiger partial charge in [0, 0.05) is 46.0 Å². The van der Waals surface area contributed by atoms with Crippen LogP contribution in [0.4, 0.5) is 49.1 Å². The molecule has 2 heterocycles. The average molecular weight is 739 g/mol. The van der Waals surface area contributed by atoms with Crippen LogP contribution in [-0.4, -0.2) is 23.6 Å². The van der Waals surface area contributed by atoms with Crippen molar-refractivity contribution in [3.63, 3.8) is 0 Å². The molecule has 0 atom stereocenters. The lowest BCUT2D eigenvalue weighted by Crippen LogP contribution is -2.43. The second-order valence-electron chi connectivity index (χ2n) is 12.0. The molecular formula is C40H24F6N4O4. The molecule has 2 aliphatic rings. The molecule has 7 rings (SSSR count). The van der Waals surface area contributed by atoms with Gasteiger partial charge in [-0.25, -0.2) is 9.80 Å². The standard InChI is InChI=1S/C40H24F6N4O4/c41-39(42,43)31-16-5-7-18-33(31)49-35(51)27-14-3-1-12-25(27)29(37(49)53)21-47-23-10-9-11-24(20-23)48-22-30-26-13-2-4-15-28(26)36(52)50(38(30)54)34-19-8-6-17-32(34)40(44,45)46/h1-22,47-48H/b29-21+,30-22+. The van der Waals surface area contributed by atoms with Crippen LogP contribution >= 0.6 is 0 Å². The fourth-order valence-electron chi connectivity index (χ4n) is 6.25. The van der Waals surface area contributed by atoms with Crippen molar-refractivity contribution in [2.45, 2.75) is 12.4 Å². The van der Waals surface area contributed by atoms with Crippen molar-refractivity contribution in [3.8, 4) is 0 Å². The molecule has 0 saturated heterocycles. The van der Waals surface area contributed by atoms with Crippen LogP contribution in [-0.2, 0) is 21.9 Å². The molecule has 0 spiro atoms. The molecule has 2 aliphatic heterocycles. The van der Waals surface area contributed by atoms with Crippen molar-refractivity contribution in [3.05, 3.63) is 167 Å².